The number of nitrogens with zero attached hydrogens (tertiary/aromatic N) is 1. The van der Waals surface area contributed by atoms with Crippen molar-refractivity contribution >= 4 is 17.2 Å². The van der Waals surface area contributed by atoms with Gasteiger partial charge in [0.05, 0.1) is 12.3 Å². The molecular weight excluding hydrogens is 428 g/mol. The standard InChI is InChI=1S/C28H28N2O2S/c1-19(2)17-32-25-14-12-23(13-15-25)27(31)29-16-21-6-10-24(11-7-21)28-30-26(18-33-28)22-8-4-20(3)5-9-22/h4-15,18-19H,16-17H2,1-3H3,(H,29,31). The number of rotatable bonds is 8. The summed E-state index contributed by atoms with van der Waals surface area (Å²) in [6.45, 7) is 7.43. The quantitative estimate of drug-likeness (QED) is 0.319. The first kappa shape index (κ1) is 22.7. The minimum atomic E-state index is -0.0999. The van der Waals surface area contributed by atoms with E-state index in [1.165, 1.54) is 5.56 Å². The molecular formula is C28H28N2O2S. The lowest BCUT2D eigenvalue weighted by atomic mass is 10.1. The smallest absolute Gasteiger partial charge is 0.251 e. The molecule has 4 aromatic rings. The summed E-state index contributed by atoms with van der Waals surface area (Å²) >= 11 is 1.64. The van der Waals surface area contributed by atoms with Crippen molar-refractivity contribution in [1.82, 2.24) is 10.3 Å². The average Bonchev–Trinajstić information content (AvgIpc) is 3.32. The van der Waals surface area contributed by atoms with Gasteiger partial charge in [-0.05, 0) is 42.7 Å². The van der Waals surface area contributed by atoms with Gasteiger partial charge in [-0.2, -0.15) is 0 Å². The summed E-state index contributed by atoms with van der Waals surface area (Å²) in [5.74, 6) is 1.14. The Kier molecular flexibility index (Phi) is 7.20. The second kappa shape index (κ2) is 10.5. The maximum Gasteiger partial charge on any atom is 0.251 e. The lowest BCUT2D eigenvalue weighted by Crippen LogP contribution is -2.22. The Hall–Kier alpha value is -3.44. The molecule has 0 aliphatic heterocycles. The second-order valence-corrected chi connectivity index (χ2v) is 9.37. The zero-order chi connectivity index (χ0) is 23.2. The van der Waals surface area contributed by atoms with Crippen LogP contribution in [-0.4, -0.2) is 17.5 Å². The molecule has 0 unspecified atom stereocenters. The van der Waals surface area contributed by atoms with Crippen LogP contribution in [0.3, 0.4) is 0 Å². The Balaban J connectivity index is 1.33. The van der Waals surface area contributed by atoms with E-state index in [4.69, 9.17) is 9.72 Å². The largest absolute Gasteiger partial charge is 0.493 e. The fraction of sp³-hybridized carbons (Fsp3) is 0.214. The molecule has 1 heterocycles. The molecule has 0 bridgehead atoms. The highest BCUT2D eigenvalue weighted by Crippen LogP contribution is 2.29. The summed E-state index contributed by atoms with van der Waals surface area (Å²) in [7, 11) is 0. The lowest BCUT2D eigenvalue weighted by molar-refractivity contribution is 0.0951. The molecule has 0 saturated carbocycles. The summed E-state index contributed by atoms with van der Waals surface area (Å²) < 4.78 is 5.67. The Morgan fingerprint density at radius 1 is 0.939 bits per heavy atom. The maximum absolute atomic E-state index is 12.5. The van der Waals surface area contributed by atoms with E-state index in [2.05, 4.69) is 67.9 Å². The Morgan fingerprint density at radius 3 is 2.27 bits per heavy atom. The molecule has 0 aliphatic rings. The summed E-state index contributed by atoms with van der Waals surface area (Å²) in [6.07, 6.45) is 0. The highest BCUT2D eigenvalue weighted by Gasteiger charge is 2.09. The number of aryl methyl sites for hydroxylation is 1. The van der Waals surface area contributed by atoms with Gasteiger partial charge in [-0.15, -0.1) is 11.3 Å². The normalized spacial score (nSPS) is 10.9. The van der Waals surface area contributed by atoms with Crippen LogP contribution in [0.25, 0.3) is 21.8 Å². The molecule has 1 N–H and O–H groups in total. The zero-order valence-corrected chi connectivity index (χ0v) is 20.0. The minimum absolute atomic E-state index is 0.0999. The van der Waals surface area contributed by atoms with Crippen LogP contribution in [0.15, 0.2) is 78.2 Å². The first-order valence-electron chi connectivity index (χ1n) is 11.1. The van der Waals surface area contributed by atoms with Gasteiger partial charge in [0.2, 0.25) is 0 Å². The predicted molar refractivity (Wildman–Crippen MR) is 136 cm³/mol. The number of benzene rings is 3. The maximum atomic E-state index is 12.5. The van der Waals surface area contributed by atoms with E-state index >= 15 is 0 Å². The van der Waals surface area contributed by atoms with Crippen LogP contribution in [-0.2, 0) is 6.54 Å². The van der Waals surface area contributed by atoms with Crippen LogP contribution in [0, 0.1) is 12.8 Å². The first-order valence-corrected chi connectivity index (χ1v) is 12.0. The fourth-order valence-corrected chi connectivity index (χ4v) is 4.11. The molecule has 168 valence electrons. The van der Waals surface area contributed by atoms with Crippen LogP contribution in [0.5, 0.6) is 5.75 Å². The van der Waals surface area contributed by atoms with Gasteiger partial charge in [0.15, 0.2) is 0 Å². The third kappa shape index (κ3) is 6.08. The number of hydrogen-bond donors (Lipinski definition) is 1. The SMILES string of the molecule is Cc1ccc(-c2csc(-c3ccc(CNC(=O)c4ccc(OCC(C)C)cc4)cc3)n2)cc1. The van der Waals surface area contributed by atoms with E-state index in [1.807, 2.05) is 24.3 Å². The van der Waals surface area contributed by atoms with Gasteiger partial charge < -0.3 is 10.1 Å². The van der Waals surface area contributed by atoms with E-state index < -0.39 is 0 Å². The van der Waals surface area contributed by atoms with Crippen LogP contribution < -0.4 is 10.1 Å². The Morgan fingerprint density at radius 2 is 1.61 bits per heavy atom. The van der Waals surface area contributed by atoms with E-state index in [9.17, 15) is 4.79 Å². The molecule has 1 amide bonds. The molecule has 4 rings (SSSR count). The third-order valence-corrected chi connectivity index (χ3v) is 6.10. The number of hydrogen-bond acceptors (Lipinski definition) is 4. The average molecular weight is 457 g/mol. The third-order valence-electron chi connectivity index (χ3n) is 5.21. The van der Waals surface area contributed by atoms with E-state index in [0.717, 1.165) is 33.1 Å². The fourth-order valence-electron chi connectivity index (χ4n) is 3.28. The van der Waals surface area contributed by atoms with Crippen molar-refractivity contribution < 1.29 is 9.53 Å². The van der Waals surface area contributed by atoms with Gasteiger partial charge in [0, 0.05) is 28.6 Å². The molecule has 0 aliphatic carbocycles. The van der Waals surface area contributed by atoms with Crippen molar-refractivity contribution in [1.29, 1.82) is 0 Å². The van der Waals surface area contributed by atoms with Crippen LogP contribution >= 0.6 is 11.3 Å². The summed E-state index contributed by atoms with van der Waals surface area (Å²) in [5.41, 5.74) is 6.10. The first-order chi connectivity index (χ1) is 16.0. The molecule has 0 atom stereocenters. The molecule has 4 nitrogen and oxygen atoms in total. The lowest BCUT2D eigenvalue weighted by Gasteiger charge is -2.10. The number of carbonyl (C=O) groups excluding carboxylic acids is 1. The summed E-state index contributed by atoms with van der Waals surface area (Å²) in [4.78, 5) is 17.3. The van der Waals surface area contributed by atoms with Gasteiger partial charge >= 0.3 is 0 Å². The van der Waals surface area contributed by atoms with E-state index in [0.29, 0.717) is 24.6 Å². The van der Waals surface area contributed by atoms with Gasteiger partial charge in [-0.1, -0.05) is 67.9 Å². The number of nitrogens with one attached hydrogen (secondary N) is 1. The number of carbonyl (C=O) groups is 1. The summed E-state index contributed by atoms with van der Waals surface area (Å²) in [5, 5.41) is 6.06. The highest BCUT2D eigenvalue weighted by molar-refractivity contribution is 7.13. The van der Waals surface area contributed by atoms with Crippen molar-refractivity contribution in [2.24, 2.45) is 5.92 Å². The van der Waals surface area contributed by atoms with Crippen LogP contribution in [0.4, 0.5) is 0 Å². The number of thiazole rings is 1. The number of amides is 1. The van der Waals surface area contributed by atoms with Crippen LogP contribution in [0.2, 0.25) is 0 Å². The molecule has 0 saturated heterocycles. The van der Waals surface area contributed by atoms with Crippen molar-refractivity contribution in [3.63, 3.8) is 0 Å². The van der Waals surface area contributed by atoms with Crippen molar-refractivity contribution in [2.75, 3.05) is 6.61 Å². The number of ether oxygens (including phenoxy) is 1. The molecule has 5 heteroatoms. The zero-order valence-electron chi connectivity index (χ0n) is 19.2. The van der Waals surface area contributed by atoms with Gasteiger partial charge in [-0.3, -0.25) is 4.79 Å². The Labute approximate surface area is 199 Å². The Bertz CT molecular complexity index is 1190. The predicted octanol–water partition coefficient (Wildman–Crippen LogP) is 6.75. The van der Waals surface area contributed by atoms with Crippen molar-refractivity contribution in [3.05, 3.63) is 94.9 Å². The minimum Gasteiger partial charge on any atom is -0.493 e. The molecule has 3 aromatic carbocycles. The van der Waals surface area contributed by atoms with Crippen molar-refractivity contribution in [2.45, 2.75) is 27.3 Å². The van der Waals surface area contributed by atoms with Crippen LogP contribution in [0.1, 0.15) is 35.3 Å². The second-order valence-electron chi connectivity index (χ2n) is 8.51. The van der Waals surface area contributed by atoms with E-state index in [1.54, 1.807) is 23.5 Å². The number of aromatic nitrogens is 1. The molecule has 0 radical (unpaired) electrons. The highest BCUT2D eigenvalue weighted by atomic mass is 32.1. The van der Waals surface area contributed by atoms with Crippen molar-refractivity contribution in [3.8, 4) is 27.6 Å². The van der Waals surface area contributed by atoms with Gasteiger partial charge in [-0.25, -0.2) is 4.98 Å². The van der Waals surface area contributed by atoms with E-state index in [-0.39, 0.29) is 5.91 Å². The molecule has 0 fully saturated rings. The monoisotopic (exact) mass is 456 g/mol. The topological polar surface area (TPSA) is 51.2 Å². The molecule has 1 aromatic heterocycles. The van der Waals surface area contributed by atoms with Gasteiger partial charge in [0.1, 0.15) is 10.8 Å². The molecule has 33 heavy (non-hydrogen) atoms. The summed E-state index contributed by atoms with van der Waals surface area (Å²) in [6, 6.07) is 23.9. The molecule has 0 spiro atoms. The van der Waals surface area contributed by atoms with Gasteiger partial charge in [0.25, 0.3) is 5.91 Å².